The van der Waals surface area contributed by atoms with E-state index in [2.05, 4.69) is 13.0 Å². The van der Waals surface area contributed by atoms with Crippen LogP contribution in [0, 0.1) is 6.92 Å². The molecule has 0 aliphatic heterocycles. The molecule has 2 aromatic carbocycles. The van der Waals surface area contributed by atoms with Gasteiger partial charge in [-0.2, -0.15) is 0 Å². The fourth-order valence-corrected chi connectivity index (χ4v) is 2.24. The number of hydrogen-bond donors (Lipinski definition) is 1. The van der Waals surface area contributed by atoms with Crippen molar-refractivity contribution >= 4 is 11.0 Å². The van der Waals surface area contributed by atoms with Gasteiger partial charge in [-0.3, -0.25) is 0 Å². The van der Waals surface area contributed by atoms with E-state index in [1.54, 1.807) is 0 Å². The summed E-state index contributed by atoms with van der Waals surface area (Å²) in [7, 11) is 0. The van der Waals surface area contributed by atoms with Gasteiger partial charge in [-0.15, -0.1) is 0 Å². The van der Waals surface area contributed by atoms with Crippen LogP contribution in [0.5, 0.6) is 0 Å². The maximum Gasteiger partial charge on any atom is 0.134 e. The molecule has 1 heterocycles. The molecule has 3 aromatic rings. The monoisotopic (exact) mass is 237 g/mol. The first-order valence-corrected chi connectivity index (χ1v) is 6.05. The van der Waals surface area contributed by atoms with E-state index in [1.165, 1.54) is 5.56 Å². The third-order valence-corrected chi connectivity index (χ3v) is 3.27. The van der Waals surface area contributed by atoms with Crippen LogP contribution in [0.4, 0.5) is 0 Å². The summed E-state index contributed by atoms with van der Waals surface area (Å²) in [6, 6.07) is 17.9. The van der Waals surface area contributed by atoms with Gasteiger partial charge in [-0.25, -0.2) is 0 Å². The fourth-order valence-electron chi connectivity index (χ4n) is 2.24. The van der Waals surface area contributed by atoms with Gasteiger partial charge in [0, 0.05) is 5.39 Å². The van der Waals surface area contributed by atoms with Gasteiger partial charge in [0.2, 0.25) is 0 Å². The van der Waals surface area contributed by atoms with Crippen molar-refractivity contribution in [3.05, 3.63) is 71.5 Å². The van der Waals surface area contributed by atoms with Crippen molar-refractivity contribution in [1.82, 2.24) is 0 Å². The number of fused-ring (bicyclic) bond motifs is 1. The largest absolute Gasteiger partial charge is 0.459 e. The molecule has 2 nitrogen and oxygen atoms in total. The van der Waals surface area contributed by atoms with E-state index in [-0.39, 0.29) is 6.04 Å². The van der Waals surface area contributed by atoms with Crippen LogP contribution < -0.4 is 5.73 Å². The standard InChI is InChI=1S/C16H15NO/c1-11-6-2-4-8-13(11)16(17)15-10-12-7-3-5-9-14(12)18-15/h2-10,16H,17H2,1H3. The van der Waals surface area contributed by atoms with E-state index in [4.69, 9.17) is 10.2 Å². The lowest BCUT2D eigenvalue weighted by molar-refractivity contribution is 0.524. The second-order valence-electron chi connectivity index (χ2n) is 4.52. The Labute approximate surface area is 106 Å². The molecule has 0 saturated carbocycles. The molecule has 1 aromatic heterocycles. The zero-order valence-corrected chi connectivity index (χ0v) is 10.3. The number of hydrogen-bond acceptors (Lipinski definition) is 2. The van der Waals surface area contributed by atoms with Crippen molar-refractivity contribution in [3.63, 3.8) is 0 Å². The van der Waals surface area contributed by atoms with Crippen molar-refractivity contribution in [2.24, 2.45) is 5.73 Å². The summed E-state index contributed by atoms with van der Waals surface area (Å²) in [6.45, 7) is 2.07. The maximum atomic E-state index is 6.29. The third kappa shape index (κ3) is 1.81. The van der Waals surface area contributed by atoms with Gasteiger partial charge in [0.15, 0.2) is 0 Å². The van der Waals surface area contributed by atoms with E-state index in [0.717, 1.165) is 22.3 Å². The van der Waals surface area contributed by atoms with Crippen LogP contribution in [0.25, 0.3) is 11.0 Å². The minimum atomic E-state index is -0.210. The number of furan rings is 1. The van der Waals surface area contributed by atoms with E-state index in [1.807, 2.05) is 48.5 Å². The molecule has 2 heteroatoms. The molecule has 2 N–H and O–H groups in total. The Morgan fingerprint density at radius 3 is 2.50 bits per heavy atom. The summed E-state index contributed by atoms with van der Waals surface area (Å²) in [5.74, 6) is 0.811. The van der Waals surface area contributed by atoms with Gasteiger partial charge in [-0.1, -0.05) is 42.5 Å². The van der Waals surface area contributed by atoms with E-state index in [0.29, 0.717) is 0 Å². The average molecular weight is 237 g/mol. The van der Waals surface area contributed by atoms with E-state index in [9.17, 15) is 0 Å². The van der Waals surface area contributed by atoms with Crippen molar-refractivity contribution < 1.29 is 4.42 Å². The molecule has 0 aliphatic rings. The molecule has 0 bridgehead atoms. The lowest BCUT2D eigenvalue weighted by atomic mass is 10.0. The first-order valence-electron chi connectivity index (χ1n) is 6.05. The van der Waals surface area contributed by atoms with Crippen LogP contribution in [0.3, 0.4) is 0 Å². The molecule has 3 rings (SSSR count). The highest BCUT2D eigenvalue weighted by Crippen LogP contribution is 2.27. The SMILES string of the molecule is Cc1ccccc1C(N)c1cc2ccccc2o1. The topological polar surface area (TPSA) is 39.2 Å². The van der Waals surface area contributed by atoms with Crippen LogP contribution in [0.2, 0.25) is 0 Å². The average Bonchev–Trinajstić information content (AvgIpc) is 2.82. The van der Waals surface area contributed by atoms with Crippen LogP contribution in [-0.4, -0.2) is 0 Å². The van der Waals surface area contributed by atoms with Gasteiger partial charge in [0.1, 0.15) is 11.3 Å². The van der Waals surface area contributed by atoms with Gasteiger partial charge in [0.25, 0.3) is 0 Å². The molecule has 90 valence electrons. The summed E-state index contributed by atoms with van der Waals surface area (Å²) in [4.78, 5) is 0. The summed E-state index contributed by atoms with van der Waals surface area (Å²) in [5.41, 5.74) is 9.47. The molecule has 18 heavy (non-hydrogen) atoms. The van der Waals surface area contributed by atoms with Crippen molar-refractivity contribution in [1.29, 1.82) is 0 Å². The summed E-state index contributed by atoms with van der Waals surface area (Å²) in [6.07, 6.45) is 0. The highest BCUT2D eigenvalue weighted by Gasteiger charge is 2.15. The lowest BCUT2D eigenvalue weighted by Crippen LogP contribution is -2.12. The molecule has 1 unspecified atom stereocenters. The Hall–Kier alpha value is -2.06. The van der Waals surface area contributed by atoms with Crippen LogP contribution in [0.15, 0.2) is 59.0 Å². The molecule has 0 radical (unpaired) electrons. The minimum absolute atomic E-state index is 0.210. The molecule has 0 fully saturated rings. The van der Waals surface area contributed by atoms with Crippen LogP contribution in [0.1, 0.15) is 22.9 Å². The van der Waals surface area contributed by atoms with Gasteiger partial charge in [0.05, 0.1) is 6.04 Å². The molecule has 1 atom stereocenters. The van der Waals surface area contributed by atoms with Crippen molar-refractivity contribution in [2.45, 2.75) is 13.0 Å². The minimum Gasteiger partial charge on any atom is -0.459 e. The fraction of sp³-hybridized carbons (Fsp3) is 0.125. The summed E-state index contributed by atoms with van der Waals surface area (Å²) < 4.78 is 5.81. The molecule has 0 saturated heterocycles. The van der Waals surface area contributed by atoms with Gasteiger partial charge >= 0.3 is 0 Å². The zero-order chi connectivity index (χ0) is 12.5. The zero-order valence-electron chi connectivity index (χ0n) is 10.3. The number of benzene rings is 2. The van der Waals surface area contributed by atoms with Gasteiger partial charge in [-0.05, 0) is 30.2 Å². The second-order valence-corrected chi connectivity index (χ2v) is 4.52. The maximum absolute atomic E-state index is 6.29. The van der Waals surface area contributed by atoms with E-state index < -0.39 is 0 Å². The smallest absolute Gasteiger partial charge is 0.134 e. The predicted octanol–water partition coefficient (Wildman–Crippen LogP) is 3.79. The Morgan fingerprint density at radius 2 is 1.72 bits per heavy atom. The van der Waals surface area contributed by atoms with Crippen LogP contribution in [-0.2, 0) is 0 Å². The summed E-state index contributed by atoms with van der Waals surface area (Å²) >= 11 is 0. The van der Waals surface area contributed by atoms with Gasteiger partial charge < -0.3 is 10.2 Å². The Bertz CT molecular complexity index is 651. The first-order chi connectivity index (χ1) is 8.75. The highest BCUT2D eigenvalue weighted by molar-refractivity contribution is 5.78. The number of para-hydroxylation sites is 1. The summed E-state index contributed by atoms with van der Waals surface area (Å²) in [5, 5.41) is 1.09. The number of rotatable bonds is 2. The second kappa shape index (κ2) is 4.31. The quantitative estimate of drug-likeness (QED) is 0.736. The van der Waals surface area contributed by atoms with Crippen LogP contribution >= 0.6 is 0 Å². The number of aryl methyl sites for hydroxylation is 1. The molecule has 0 spiro atoms. The molecule has 0 aliphatic carbocycles. The molecular weight excluding hydrogens is 222 g/mol. The van der Waals surface area contributed by atoms with Crippen molar-refractivity contribution in [2.75, 3.05) is 0 Å². The molecular formula is C16H15NO. The highest BCUT2D eigenvalue weighted by atomic mass is 16.3. The lowest BCUT2D eigenvalue weighted by Gasteiger charge is -2.11. The Balaban J connectivity index is 2.07. The third-order valence-electron chi connectivity index (χ3n) is 3.27. The number of nitrogens with two attached hydrogens (primary N) is 1. The normalized spacial score (nSPS) is 12.8. The Kier molecular flexibility index (Phi) is 2.65. The van der Waals surface area contributed by atoms with Crippen molar-refractivity contribution in [3.8, 4) is 0 Å². The predicted molar refractivity (Wildman–Crippen MR) is 73.4 cm³/mol. The Morgan fingerprint density at radius 1 is 1.00 bits per heavy atom. The molecule has 0 amide bonds. The van der Waals surface area contributed by atoms with E-state index >= 15 is 0 Å². The first kappa shape index (κ1) is 11.1.